The number of rotatable bonds is 11. The van der Waals surface area contributed by atoms with Crippen molar-refractivity contribution in [3.8, 4) is 28.4 Å². The van der Waals surface area contributed by atoms with Crippen LogP contribution in [0.25, 0.3) is 11.1 Å². The highest BCUT2D eigenvalue weighted by Gasteiger charge is 2.36. The molecule has 2 aliphatic heterocycles. The van der Waals surface area contributed by atoms with Gasteiger partial charge in [0.15, 0.2) is 11.5 Å². The van der Waals surface area contributed by atoms with E-state index in [1.807, 2.05) is 26.0 Å². The average Bonchev–Trinajstić information content (AvgIpc) is 3.53. The lowest BCUT2D eigenvalue weighted by Gasteiger charge is -2.32. The number of hydrogen-bond donors (Lipinski definition) is 2. The Kier molecular flexibility index (Phi) is 12.5. The van der Waals surface area contributed by atoms with Crippen molar-refractivity contribution < 1.29 is 32.2 Å². The summed E-state index contributed by atoms with van der Waals surface area (Å²) in [5, 5.41) is 6.34. The molecule has 0 radical (unpaired) electrons. The van der Waals surface area contributed by atoms with Crippen LogP contribution in [0.15, 0.2) is 29.1 Å². The molecule has 1 aliphatic carbocycles. The Bertz CT molecular complexity index is 1760. The van der Waals surface area contributed by atoms with E-state index in [0.717, 1.165) is 30.4 Å². The summed E-state index contributed by atoms with van der Waals surface area (Å²) in [5.74, 6) is 0.844. The van der Waals surface area contributed by atoms with E-state index >= 15 is 0 Å². The molecule has 280 valence electrons. The number of ether oxygens (including phenoxy) is 3. The number of carbonyl (C=O) groups is 2. The normalized spacial score (nSPS) is 19.7. The van der Waals surface area contributed by atoms with E-state index in [4.69, 9.17) is 14.2 Å². The monoisotopic (exact) mass is 727 g/mol. The molecule has 0 bridgehead atoms. The molecule has 13 nitrogen and oxygen atoms in total. The molecule has 2 amide bonds. The SMILES string of the molecule is CC[C@H](C)[C@@H](Nc1ccc2c(cc1=O)[C@H](NC(C)=O)CCc1cc(OC)c(OC)c(OC)c1-2)C(=O)N1CCCN(S(=O)(=O)N2CCCCC2)CC1. The number of amides is 2. The molecule has 0 unspecified atom stereocenters. The van der Waals surface area contributed by atoms with E-state index < -0.39 is 22.3 Å². The van der Waals surface area contributed by atoms with E-state index in [-0.39, 0.29) is 41.9 Å². The molecule has 0 spiro atoms. The Morgan fingerprint density at radius 2 is 1.59 bits per heavy atom. The highest BCUT2D eigenvalue weighted by molar-refractivity contribution is 7.86. The Labute approximate surface area is 301 Å². The maximum Gasteiger partial charge on any atom is 0.282 e. The lowest BCUT2D eigenvalue weighted by atomic mass is 9.95. The van der Waals surface area contributed by atoms with Crippen molar-refractivity contribution in [2.45, 2.75) is 77.8 Å². The quantitative estimate of drug-likeness (QED) is 0.351. The molecule has 3 atom stereocenters. The molecule has 51 heavy (non-hydrogen) atoms. The van der Waals surface area contributed by atoms with Gasteiger partial charge in [0.2, 0.25) is 23.0 Å². The Morgan fingerprint density at radius 1 is 0.902 bits per heavy atom. The zero-order chi connectivity index (χ0) is 36.9. The highest BCUT2D eigenvalue weighted by atomic mass is 32.2. The predicted octanol–water partition coefficient (Wildman–Crippen LogP) is 3.95. The molecule has 2 aromatic carbocycles. The number of anilines is 1. The van der Waals surface area contributed by atoms with Crippen LogP contribution in [0, 0.1) is 5.92 Å². The first kappa shape index (κ1) is 38.4. The topological polar surface area (TPSA) is 147 Å². The van der Waals surface area contributed by atoms with Gasteiger partial charge >= 0.3 is 0 Å². The van der Waals surface area contributed by atoms with Crippen LogP contribution in [0.4, 0.5) is 5.69 Å². The van der Waals surface area contributed by atoms with E-state index in [1.54, 1.807) is 29.5 Å². The Morgan fingerprint density at radius 3 is 2.24 bits per heavy atom. The van der Waals surface area contributed by atoms with Crippen LogP contribution >= 0.6 is 0 Å². The fourth-order valence-electron chi connectivity index (χ4n) is 7.48. The third kappa shape index (κ3) is 8.12. The van der Waals surface area contributed by atoms with Crippen molar-refractivity contribution in [1.29, 1.82) is 0 Å². The van der Waals surface area contributed by atoms with E-state index in [9.17, 15) is 22.8 Å². The standard InChI is InChI=1S/C37H53N5O8S/c1-7-24(2)34(37(45)40-16-11-19-42(21-20-40)51(46,47)41-17-9-8-10-18-41)39-30-15-13-27-28(23-31(30)44)29(38-25(3)43)14-12-26-22-32(48-4)35(49-5)36(50-6)33(26)27/h13,15,22-24,29,34H,7-12,14,16-21H2,1-6H3,(H,38,43)(H,39,44)/t24-,29+,34+/m0/s1. The van der Waals surface area contributed by atoms with Gasteiger partial charge in [-0.2, -0.15) is 17.0 Å². The van der Waals surface area contributed by atoms with Crippen molar-refractivity contribution in [2.24, 2.45) is 5.92 Å². The van der Waals surface area contributed by atoms with Crippen molar-refractivity contribution in [2.75, 3.05) is 65.9 Å². The van der Waals surface area contributed by atoms with Crippen molar-refractivity contribution in [3.05, 3.63) is 45.6 Å². The zero-order valence-corrected chi connectivity index (χ0v) is 31.6. The highest BCUT2D eigenvalue weighted by Crippen LogP contribution is 2.50. The minimum Gasteiger partial charge on any atom is -0.493 e. The van der Waals surface area contributed by atoms with Gasteiger partial charge in [-0.1, -0.05) is 32.8 Å². The number of nitrogens with zero attached hydrogens (tertiary/aromatic N) is 3. The van der Waals surface area contributed by atoms with Crippen LogP contribution in [-0.2, 0) is 26.2 Å². The fraction of sp³-hybridized carbons (Fsp3) is 0.595. The molecular weight excluding hydrogens is 675 g/mol. The van der Waals surface area contributed by atoms with Crippen molar-refractivity contribution in [3.63, 3.8) is 0 Å². The van der Waals surface area contributed by atoms with Gasteiger partial charge in [-0.25, -0.2) is 0 Å². The van der Waals surface area contributed by atoms with Crippen LogP contribution in [0.3, 0.4) is 0 Å². The molecule has 2 saturated heterocycles. The summed E-state index contributed by atoms with van der Waals surface area (Å²) in [4.78, 5) is 42.4. The summed E-state index contributed by atoms with van der Waals surface area (Å²) in [7, 11) is 1.05. The second kappa shape index (κ2) is 16.6. The van der Waals surface area contributed by atoms with Gasteiger partial charge in [-0.05, 0) is 72.9 Å². The summed E-state index contributed by atoms with van der Waals surface area (Å²) in [6.07, 6.45) is 5.05. The van der Waals surface area contributed by atoms with E-state index in [2.05, 4.69) is 10.6 Å². The average molecular weight is 728 g/mol. The van der Waals surface area contributed by atoms with Gasteiger partial charge in [0.25, 0.3) is 10.2 Å². The molecule has 2 N–H and O–H groups in total. The number of piperidine rings is 1. The van der Waals surface area contributed by atoms with Crippen molar-refractivity contribution >= 4 is 27.7 Å². The molecule has 14 heteroatoms. The third-order valence-electron chi connectivity index (χ3n) is 10.4. The molecular formula is C37H53N5O8S. The van der Waals surface area contributed by atoms with Gasteiger partial charge in [-0.3, -0.25) is 14.4 Å². The number of aryl methyl sites for hydroxylation is 1. The maximum atomic E-state index is 14.2. The summed E-state index contributed by atoms with van der Waals surface area (Å²) in [6, 6.07) is 5.77. The van der Waals surface area contributed by atoms with Crippen LogP contribution in [0.1, 0.15) is 76.5 Å². The van der Waals surface area contributed by atoms with E-state index in [1.165, 1.54) is 24.4 Å². The smallest absolute Gasteiger partial charge is 0.282 e. The first-order valence-corrected chi connectivity index (χ1v) is 19.4. The van der Waals surface area contributed by atoms with Crippen LogP contribution in [0.2, 0.25) is 0 Å². The number of carbonyl (C=O) groups excluding carboxylic acids is 2. The number of hydrogen-bond acceptors (Lipinski definition) is 9. The lowest BCUT2D eigenvalue weighted by molar-refractivity contribution is -0.133. The molecule has 2 aromatic rings. The minimum atomic E-state index is -3.60. The van der Waals surface area contributed by atoms with Crippen LogP contribution < -0.4 is 30.3 Å². The van der Waals surface area contributed by atoms with Gasteiger partial charge < -0.3 is 29.7 Å². The second-order valence-electron chi connectivity index (χ2n) is 13.6. The first-order chi connectivity index (χ1) is 24.4. The lowest BCUT2D eigenvalue weighted by Crippen LogP contribution is -2.49. The van der Waals surface area contributed by atoms with E-state index in [0.29, 0.717) is 80.2 Å². The Balaban J connectivity index is 1.50. The van der Waals surface area contributed by atoms with Crippen LogP contribution in [-0.4, -0.2) is 100 Å². The molecule has 3 aliphatic rings. The van der Waals surface area contributed by atoms with Gasteiger partial charge in [0, 0.05) is 51.8 Å². The van der Waals surface area contributed by atoms with Gasteiger partial charge in [0.05, 0.1) is 33.1 Å². The summed E-state index contributed by atoms with van der Waals surface area (Å²) < 4.78 is 47.2. The van der Waals surface area contributed by atoms with Crippen LogP contribution in [0.5, 0.6) is 17.2 Å². The summed E-state index contributed by atoms with van der Waals surface area (Å²) in [5.41, 5.74) is 2.89. The molecule has 0 saturated carbocycles. The first-order valence-electron chi connectivity index (χ1n) is 18.0. The van der Waals surface area contributed by atoms with Crippen molar-refractivity contribution in [1.82, 2.24) is 18.8 Å². The largest absolute Gasteiger partial charge is 0.493 e. The summed E-state index contributed by atoms with van der Waals surface area (Å²) in [6.45, 7) is 7.73. The number of benzene rings is 1. The Hall–Kier alpha value is -3.88. The molecule has 2 heterocycles. The second-order valence-corrected chi connectivity index (χ2v) is 15.6. The third-order valence-corrected chi connectivity index (χ3v) is 12.5. The van der Waals surface area contributed by atoms with Gasteiger partial charge in [-0.15, -0.1) is 0 Å². The molecule has 2 fully saturated rings. The zero-order valence-electron chi connectivity index (χ0n) is 30.7. The number of fused-ring (bicyclic) bond motifs is 3. The maximum absolute atomic E-state index is 14.2. The fourth-order valence-corrected chi connectivity index (χ4v) is 9.20. The number of nitrogens with one attached hydrogen (secondary N) is 2. The molecule has 5 rings (SSSR count). The summed E-state index contributed by atoms with van der Waals surface area (Å²) >= 11 is 0. The molecule has 0 aromatic heterocycles. The van der Waals surface area contributed by atoms with Gasteiger partial charge in [0.1, 0.15) is 6.04 Å². The minimum absolute atomic E-state index is 0.138. The number of methoxy groups -OCH3 is 3. The predicted molar refractivity (Wildman–Crippen MR) is 197 cm³/mol.